The predicted molar refractivity (Wildman–Crippen MR) is 52.5 cm³/mol. The molecular formula is C10H8F11NO. The summed E-state index contributed by atoms with van der Waals surface area (Å²) in [6.07, 6.45) is -13.5. The van der Waals surface area contributed by atoms with Crippen molar-refractivity contribution in [2.24, 2.45) is 0 Å². The molecule has 0 aliphatic carbocycles. The van der Waals surface area contributed by atoms with Crippen LogP contribution in [0.15, 0.2) is 11.5 Å². The van der Waals surface area contributed by atoms with Crippen LogP contribution in [0, 0.1) is 0 Å². The van der Waals surface area contributed by atoms with Crippen molar-refractivity contribution in [1.82, 2.24) is 4.90 Å². The molecule has 0 saturated carbocycles. The SMILES string of the molecule is F/C(=C(/C(F)(F)F)C(F)(F)C(F)(F)C(F)(F)F)N1CCOCC1. The fraction of sp³-hybridized carbons (Fsp3) is 0.800. The van der Waals surface area contributed by atoms with E-state index in [1.165, 1.54) is 0 Å². The number of halogens is 11. The van der Waals surface area contributed by atoms with Crippen molar-refractivity contribution in [3.63, 3.8) is 0 Å². The van der Waals surface area contributed by atoms with E-state index in [0.717, 1.165) is 0 Å². The maximum Gasteiger partial charge on any atom is 0.460 e. The molecular weight excluding hydrogens is 359 g/mol. The van der Waals surface area contributed by atoms with E-state index in [9.17, 15) is 48.3 Å². The average molecular weight is 367 g/mol. The van der Waals surface area contributed by atoms with Crippen LogP contribution in [0.2, 0.25) is 0 Å². The Morgan fingerprint density at radius 1 is 0.783 bits per heavy atom. The van der Waals surface area contributed by atoms with Gasteiger partial charge in [-0.1, -0.05) is 0 Å². The highest BCUT2D eigenvalue weighted by molar-refractivity contribution is 5.26. The van der Waals surface area contributed by atoms with Gasteiger partial charge in [-0.15, -0.1) is 0 Å². The normalized spacial score (nSPS) is 19.7. The van der Waals surface area contributed by atoms with E-state index in [2.05, 4.69) is 4.74 Å². The summed E-state index contributed by atoms with van der Waals surface area (Å²) in [5, 5.41) is 0. The molecule has 1 rings (SSSR count). The van der Waals surface area contributed by atoms with Crippen LogP contribution < -0.4 is 0 Å². The van der Waals surface area contributed by atoms with Crippen molar-refractivity contribution in [3.8, 4) is 0 Å². The van der Waals surface area contributed by atoms with Crippen molar-refractivity contribution in [1.29, 1.82) is 0 Å². The number of ether oxygens (including phenoxy) is 1. The van der Waals surface area contributed by atoms with Crippen molar-refractivity contribution < 1.29 is 53.0 Å². The number of nitrogens with zero attached hydrogens (tertiary/aromatic N) is 1. The minimum atomic E-state index is -7.12. The molecule has 0 aromatic heterocycles. The number of hydrogen-bond acceptors (Lipinski definition) is 2. The first-order chi connectivity index (χ1) is 10.1. The highest BCUT2D eigenvalue weighted by atomic mass is 19.4. The molecule has 2 nitrogen and oxygen atoms in total. The summed E-state index contributed by atoms with van der Waals surface area (Å²) in [4.78, 5) is -0.0350. The van der Waals surface area contributed by atoms with E-state index >= 15 is 0 Å². The molecule has 0 atom stereocenters. The van der Waals surface area contributed by atoms with E-state index in [-0.39, 0.29) is 4.90 Å². The van der Waals surface area contributed by atoms with Crippen LogP contribution in [0.1, 0.15) is 0 Å². The van der Waals surface area contributed by atoms with Gasteiger partial charge >= 0.3 is 24.2 Å². The minimum absolute atomic E-state index is 0.0350. The second-order valence-electron chi connectivity index (χ2n) is 4.41. The maximum atomic E-state index is 13.7. The molecule has 1 fully saturated rings. The van der Waals surface area contributed by atoms with Crippen molar-refractivity contribution in [2.45, 2.75) is 24.2 Å². The third-order valence-corrected chi connectivity index (χ3v) is 2.84. The van der Waals surface area contributed by atoms with Gasteiger partial charge in [-0.25, -0.2) is 0 Å². The lowest BCUT2D eigenvalue weighted by atomic mass is 10.0. The molecule has 0 N–H and O–H groups in total. The molecule has 23 heavy (non-hydrogen) atoms. The van der Waals surface area contributed by atoms with E-state index < -0.39 is 62.0 Å². The van der Waals surface area contributed by atoms with Crippen LogP contribution in [-0.2, 0) is 4.74 Å². The molecule has 0 bridgehead atoms. The fourth-order valence-corrected chi connectivity index (χ4v) is 1.68. The Kier molecular flexibility index (Phi) is 5.14. The molecule has 0 unspecified atom stereocenters. The molecule has 1 saturated heterocycles. The Bertz CT molecular complexity index is 458. The first-order valence-corrected chi connectivity index (χ1v) is 5.76. The molecule has 13 heteroatoms. The highest BCUT2D eigenvalue weighted by Crippen LogP contribution is 2.54. The quantitative estimate of drug-likeness (QED) is 0.554. The molecule has 0 spiro atoms. The number of morpholine rings is 1. The average Bonchev–Trinajstić information content (AvgIpc) is 2.36. The third-order valence-electron chi connectivity index (χ3n) is 2.84. The molecule has 0 aromatic rings. The van der Waals surface area contributed by atoms with Gasteiger partial charge < -0.3 is 9.64 Å². The van der Waals surface area contributed by atoms with Gasteiger partial charge in [0.2, 0.25) is 5.95 Å². The molecule has 1 aliphatic rings. The molecule has 1 heterocycles. The van der Waals surface area contributed by atoms with Gasteiger partial charge in [0, 0.05) is 13.1 Å². The van der Waals surface area contributed by atoms with Gasteiger partial charge in [0.1, 0.15) is 0 Å². The fourth-order valence-electron chi connectivity index (χ4n) is 1.68. The van der Waals surface area contributed by atoms with Crippen LogP contribution in [-0.4, -0.2) is 55.4 Å². The summed E-state index contributed by atoms with van der Waals surface area (Å²) in [7, 11) is 0. The molecule has 0 amide bonds. The summed E-state index contributed by atoms with van der Waals surface area (Å²) in [5.74, 6) is -16.9. The zero-order valence-corrected chi connectivity index (χ0v) is 10.8. The Morgan fingerprint density at radius 2 is 1.22 bits per heavy atom. The molecule has 0 radical (unpaired) electrons. The van der Waals surface area contributed by atoms with Crippen LogP contribution in [0.5, 0.6) is 0 Å². The number of rotatable bonds is 3. The van der Waals surface area contributed by atoms with Gasteiger partial charge in [0.05, 0.1) is 13.2 Å². The lowest BCUT2D eigenvalue weighted by Crippen LogP contribution is -2.56. The second kappa shape index (κ2) is 5.98. The number of allylic oxidation sites excluding steroid dienone is 1. The highest BCUT2D eigenvalue weighted by Gasteiger charge is 2.78. The van der Waals surface area contributed by atoms with Gasteiger partial charge in [0.15, 0.2) is 5.57 Å². The molecule has 1 aliphatic heterocycles. The second-order valence-corrected chi connectivity index (χ2v) is 4.41. The Labute approximate surface area is 121 Å². The first-order valence-electron chi connectivity index (χ1n) is 5.76. The van der Waals surface area contributed by atoms with Gasteiger partial charge in [-0.3, -0.25) is 0 Å². The van der Waals surface area contributed by atoms with Crippen molar-refractivity contribution in [2.75, 3.05) is 26.3 Å². The van der Waals surface area contributed by atoms with Gasteiger partial charge in [0.25, 0.3) is 0 Å². The lowest BCUT2D eigenvalue weighted by Gasteiger charge is -2.34. The lowest BCUT2D eigenvalue weighted by molar-refractivity contribution is -0.351. The molecule has 0 aromatic carbocycles. The topological polar surface area (TPSA) is 12.5 Å². The Morgan fingerprint density at radius 3 is 1.57 bits per heavy atom. The molecule has 136 valence electrons. The first kappa shape index (κ1) is 19.8. The van der Waals surface area contributed by atoms with Crippen LogP contribution >= 0.6 is 0 Å². The van der Waals surface area contributed by atoms with Crippen LogP contribution in [0.25, 0.3) is 0 Å². The summed E-state index contributed by atoms with van der Waals surface area (Å²) < 4.78 is 144. The van der Waals surface area contributed by atoms with E-state index in [1.807, 2.05) is 0 Å². The number of hydrogen-bond donors (Lipinski definition) is 0. The summed E-state index contributed by atoms with van der Waals surface area (Å²) in [6, 6.07) is 0. The summed E-state index contributed by atoms with van der Waals surface area (Å²) in [6.45, 7) is -2.28. The van der Waals surface area contributed by atoms with Gasteiger partial charge in [-0.05, 0) is 0 Å². The standard InChI is InChI=1S/C10H8F11NO/c11-6(22-1-3-23-4-2-22)5(8(14,15)16)7(12,13)9(17,18)10(19,20)21/h1-4H2/b6-5-. The van der Waals surface area contributed by atoms with Crippen molar-refractivity contribution >= 4 is 0 Å². The third kappa shape index (κ3) is 3.63. The zero-order valence-electron chi connectivity index (χ0n) is 10.8. The maximum absolute atomic E-state index is 13.7. The Hall–Kier alpha value is -1.27. The van der Waals surface area contributed by atoms with Crippen LogP contribution in [0.3, 0.4) is 0 Å². The number of alkyl halides is 10. The minimum Gasteiger partial charge on any atom is -0.378 e. The van der Waals surface area contributed by atoms with E-state index in [0.29, 0.717) is 0 Å². The smallest absolute Gasteiger partial charge is 0.378 e. The van der Waals surface area contributed by atoms with E-state index in [4.69, 9.17) is 0 Å². The summed E-state index contributed by atoms with van der Waals surface area (Å²) in [5.41, 5.74) is -3.88. The zero-order chi connectivity index (χ0) is 18.3. The largest absolute Gasteiger partial charge is 0.460 e. The van der Waals surface area contributed by atoms with Crippen LogP contribution in [0.4, 0.5) is 48.3 Å². The van der Waals surface area contributed by atoms with Crippen molar-refractivity contribution in [3.05, 3.63) is 11.5 Å². The Balaban J connectivity index is 3.47. The monoisotopic (exact) mass is 367 g/mol. The summed E-state index contributed by atoms with van der Waals surface area (Å²) >= 11 is 0. The predicted octanol–water partition coefficient (Wildman–Crippen LogP) is 3.89. The van der Waals surface area contributed by atoms with E-state index in [1.54, 1.807) is 0 Å². The van der Waals surface area contributed by atoms with Gasteiger partial charge in [-0.2, -0.15) is 48.3 Å².